The van der Waals surface area contributed by atoms with E-state index >= 15 is 0 Å². The average molecular weight is 517 g/mol. The van der Waals surface area contributed by atoms with Crippen LogP contribution in [-0.2, 0) is 26.6 Å². The van der Waals surface area contributed by atoms with Gasteiger partial charge in [-0.3, -0.25) is 4.84 Å². The van der Waals surface area contributed by atoms with E-state index in [0.717, 1.165) is 19.7 Å². The molecule has 0 radical (unpaired) electrons. The van der Waals surface area contributed by atoms with E-state index in [0.29, 0.717) is 0 Å². The van der Waals surface area contributed by atoms with Gasteiger partial charge in [0.15, 0.2) is 0 Å². The van der Waals surface area contributed by atoms with E-state index in [1.165, 1.54) is 128 Å². The van der Waals surface area contributed by atoms with Crippen molar-refractivity contribution in [1.82, 2.24) is 5.06 Å². The van der Waals surface area contributed by atoms with E-state index < -0.39 is 0 Å². The molecule has 188 valence electrons. The third-order valence-electron chi connectivity index (χ3n) is 5.79. The topological polar surface area (TPSA) is 12.5 Å². The molecule has 0 fully saturated rings. The van der Waals surface area contributed by atoms with Crippen LogP contribution in [0.5, 0.6) is 0 Å². The number of hydrogen-bond donors (Lipinski definition) is 0. The maximum atomic E-state index is 6.18. The second-order valence-electron chi connectivity index (χ2n) is 8.77. The Hall–Kier alpha value is 1.21. The van der Waals surface area contributed by atoms with Crippen LogP contribution in [0.2, 0.25) is 0 Å². The van der Waals surface area contributed by atoms with Crippen molar-refractivity contribution in [3.8, 4) is 0 Å². The minimum Gasteiger partial charge on any atom is -1.00 e. The van der Waals surface area contributed by atoms with E-state index in [2.05, 4.69) is 25.8 Å². The molecule has 0 atom stereocenters. The number of rotatable bonds is 24. The van der Waals surface area contributed by atoms with Crippen LogP contribution < -0.4 is 24.8 Å². The van der Waals surface area contributed by atoms with Gasteiger partial charge in [-0.05, 0) is 19.3 Å². The summed E-state index contributed by atoms with van der Waals surface area (Å²) in [5, 5.41) is 2.31. The molecule has 0 aromatic rings. The van der Waals surface area contributed by atoms with Gasteiger partial charge < -0.3 is 24.8 Å². The normalized spacial score (nSPS) is 10.5. The molecule has 0 unspecified atom stereocenters. The largest absolute Gasteiger partial charge is 2.00 e. The van der Waals surface area contributed by atoms with Crippen molar-refractivity contribution >= 4 is 0 Å². The molecule has 2 nitrogen and oxygen atoms in total. The molecule has 31 heavy (non-hydrogen) atoms. The van der Waals surface area contributed by atoms with Crippen molar-refractivity contribution in [2.75, 3.05) is 19.7 Å². The average Bonchev–Trinajstić information content (AvgIpc) is 2.71. The van der Waals surface area contributed by atoms with E-state index in [9.17, 15) is 0 Å². The second kappa shape index (κ2) is 35.8. The predicted molar refractivity (Wildman–Crippen MR) is 127 cm³/mol. The molecule has 0 aliphatic heterocycles. The fourth-order valence-electron chi connectivity index (χ4n) is 3.81. The second-order valence-corrected chi connectivity index (χ2v) is 8.77. The van der Waals surface area contributed by atoms with Crippen LogP contribution in [0.1, 0.15) is 149 Å². The molecule has 0 bridgehead atoms. The summed E-state index contributed by atoms with van der Waals surface area (Å²) in [5.41, 5.74) is 0. The third kappa shape index (κ3) is 33.5. The minimum absolute atomic E-state index is 0. The summed E-state index contributed by atoms with van der Waals surface area (Å²) in [6.45, 7) is 10.1. The maximum absolute atomic E-state index is 6.18. The van der Waals surface area contributed by atoms with Gasteiger partial charge in [0.1, 0.15) is 0 Å². The van der Waals surface area contributed by atoms with Crippen LogP contribution in [-0.4, -0.2) is 24.8 Å². The van der Waals surface area contributed by atoms with Gasteiger partial charge in [0.25, 0.3) is 0 Å². The van der Waals surface area contributed by atoms with Gasteiger partial charge in [-0.15, -0.1) is 0 Å². The predicted octanol–water partition coefficient (Wildman–Crippen LogP) is 3.09. The molecule has 0 aliphatic rings. The Morgan fingerprint density at radius 3 is 1.06 bits per heavy atom. The molecular formula is C26H55Cl2NOTi. The number of hydrogen-bond acceptors (Lipinski definition) is 2. The van der Waals surface area contributed by atoms with Gasteiger partial charge in [0.05, 0.1) is 6.61 Å². The van der Waals surface area contributed by atoms with E-state index in [1.807, 2.05) is 0 Å². The fourth-order valence-corrected chi connectivity index (χ4v) is 3.81. The van der Waals surface area contributed by atoms with Crippen LogP contribution in [0.15, 0.2) is 0 Å². The standard InChI is InChI=1S/C26H55NO.2ClH.Ti/c1-4-7-10-13-16-17-20-23-26-28-27(24-21-18-14-11-8-5-2)25-22-19-15-12-9-6-3;;;/h4-26H2,1-3H3;2*1H;/q;;;+2/p-2. The monoisotopic (exact) mass is 515 g/mol. The van der Waals surface area contributed by atoms with Crippen LogP contribution >= 0.6 is 0 Å². The Morgan fingerprint density at radius 2 is 0.710 bits per heavy atom. The quantitative estimate of drug-likeness (QED) is 0.111. The van der Waals surface area contributed by atoms with Gasteiger partial charge >= 0.3 is 21.7 Å². The number of halogens is 2. The zero-order valence-corrected chi connectivity index (χ0v) is 24.4. The Bertz CT molecular complexity index is 270. The van der Waals surface area contributed by atoms with Crippen molar-refractivity contribution in [3.63, 3.8) is 0 Å². The summed E-state index contributed by atoms with van der Waals surface area (Å²) in [5.74, 6) is 0. The molecule has 0 saturated carbocycles. The Kier molecular flexibility index (Phi) is 45.5. The third-order valence-corrected chi connectivity index (χ3v) is 5.79. The summed E-state index contributed by atoms with van der Waals surface area (Å²) in [7, 11) is 0. The SMILES string of the molecule is CCCCCCCCCCON(CCCCCCCC)CCCCCCCC.[Cl-].[Cl-].[Ti+2]. The first-order valence-corrected chi connectivity index (χ1v) is 13.2. The molecule has 5 heteroatoms. The van der Waals surface area contributed by atoms with Crippen LogP contribution in [0.3, 0.4) is 0 Å². The molecule has 0 spiro atoms. The first-order valence-electron chi connectivity index (χ1n) is 13.2. The molecule has 0 saturated heterocycles. The van der Waals surface area contributed by atoms with Crippen molar-refractivity contribution in [1.29, 1.82) is 0 Å². The minimum atomic E-state index is 0. The van der Waals surface area contributed by atoms with Crippen molar-refractivity contribution in [2.45, 2.75) is 149 Å². The first-order chi connectivity index (χ1) is 13.8. The number of hydroxylamine groups is 2. The van der Waals surface area contributed by atoms with Crippen molar-refractivity contribution in [2.24, 2.45) is 0 Å². The fraction of sp³-hybridized carbons (Fsp3) is 1.00. The van der Waals surface area contributed by atoms with E-state index in [4.69, 9.17) is 4.84 Å². The van der Waals surface area contributed by atoms with E-state index in [1.54, 1.807) is 0 Å². The summed E-state index contributed by atoms with van der Waals surface area (Å²) in [6, 6.07) is 0. The van der Waals surface area contributed by atoms with Gasteiger partial charge in [-0.2, -0.15) is 5.06 Å². The Morgan fingerprint density at radius 1 is 0.419 bits per heavy atom. The number of nitrogens with zero attached hydrogens (tertiary/aromatic N) is 1. The molecule has 0 aromatic carbocycles. The molecule has 0 heterocycles. The van der Waals surface area contributed by atoms with Crippen LogP contribution in [0.4, 0.5) is 0 Å². The Balaban J connectivity index is -0.00000121. The number of unbranched alkanes of at least 4 members (excludes halogenated alkanes) is 17. The van der Waals surface area contributed by atoms with Crippen LogP contribution in [0.25, 0.3) is 0 Å². The van der Waals surface area contributed by atoms with Crippen LogP contribution in [0, 0.1) is 0 Å². The maximum Gasteiger partial charge on any atom is 2.00 e. The Labute approximate surface area is 224 Å². The zero-order valence-electron chi connectivity index (χ0n) is 21.4. The van der Waals surface area contributed by atoms with Crippen molar-refractivity contribution < 1.29 is 51.4 Å². The smallest absolute Gasteiger partial charge is 1.00 e. The summed E-state index contributed by atoms with van der Waals surface area (Å²) < 4.78 is 0. The van der Waals surface area contributed by atoms with Gasteiger partial charge in [0, 0.05) is 13.1 Å². The molecule has 0 amide bonds. The summed E-state index contributed by atoms with van der Waals surface area (Å²) in [4.78, 5) is 6.18. The zero-order chi connectivity index (χ0) is 20.5. The molecule has 0 rings (SSSR count). The molecule has 0 aliphatic carbocycles. The van der Waals surface area contributed by atoms with Gasteiger partial charge in [-0.1, -0.05) is 130 Å². The molecular weight excluding hydrogens is 461 g/mol. The summed E-state index contributed by atoms with van der Waals surface area (Å²) in [6.07, 6.45) is 27.4. The first kappa shape index (κ1) is 39.4. The van der Waals surface area contributed by atoms with Gasteiger partial charge in [0.2, 0.25) is 0 Å². The van der Waals surface area contributed by atoms with E-state index in [-0.39, 0.29) is 46.5 Å². The van der Waals surface area contributed by atoms with Gasteiger partial charge in [-0.25, -0.2) is 0 Å². The van der Waals surface area contributed by atoms with Crippen molar-refractivity contribution in [3.05, 3.63) is 0 Å². The summed E-state index contributed by atoms with van der Waals surface area (Å²) >= 11 is 0. The molecule has 0 aromatic heterocycles. The molecule has 0 N–H and O–H groups in total.